The molecule has 2 rings (SSSR count). The summed E-state index contributed by atoms with van der Waals surface area (Å²) in [5, 5.41) is 0. The molecule has 1 heterocycles. The van der Waals surface area contributed by atoms with Gasteiger partial charge in [-0.3, -0.25) is 0 Å². The normalized spacial score (nSPS) is 27.6. The second-order valence-corrected chi connectivity index (χ2v) is 11.2. The third kappa shape index (κ3) is 7.99. The predicted molar refractivity (Wildman–Crippen MR) is 111 cm³/mol. The largest absolute Gasteiger partial charge is 0.301 e. The Labute approximate surface area is 158 Å². The first kappa shape index (κ1) is 21.2. The Balaban J connectivity index is 1.57. The van der Waals surface area contributed by atoms with Gasteiger partial charge in [0.05, 0.1) is 0 Å². The molecule has 0 aromatic rings. The van der Waals surface area contributed by atoms with Crippen LogP contribution in [0.5, 0.6) is 0 Å². The summed E-state index contributed by atoms with van der Waals surface area (Å²) in [5.41, 5.74) is 1.02. The van der Waals surface area contributed by atoms with Crippen LogP contribution in [-0.4, -0.2) is 49.1 Å². The Morgan fingerprint density at radius 1 is 0.720 bits per heavy atom. The summed E-state index contributed by atoms with van der Waals surface area (Å²) >= 11 is 0. The number of hydrogen-bond donors (Lipinski definition) is 0. The third-order valence-electron chi connectivity index (χ3n) is 6.70. The van der Waals surface area contributed by atoms with E-state index in [9.17, 15) is 0 Å². The van der Waals surface area contributed by atoms with Crippen molar-refractivity contribution in [3.05, 3.63) is 0 Å². The molecule has 0 aromatic heterocycles. The van der Waals surface area contributed by atoms with Crippen molar-refractivity contribution in [2.75, 3.05) is 39.3 Å². The Morgan fingerprint density at radius 3 is 1.80 bits per heavy atom. The van der Waals surface area contributed by atoms with Crippen molar-refractivity contribution in [2.24, 2.45) is 22.7 Å². The fraction of sp³-hybridized carbons (Fsp3) is 1.00. The lowest BCUT2D eigenvalue weighted by Gasteiger charge is -2.40. The van der Waals surface area contributed by atoms with Crippen LogP contribution in [0.25, 0.3) is 0 Å². The molecule has 0 amide bonds. The van der Waals surface area contributed by atoms with Crippen LogP contribution in [0.3, 0.4) is 0 Å². The topological polar surface area (TPSA) is 6.48 Å². The number of nitrogens with zero attached hydrogens (tertiary/aromatic N) is 2. The average molecular weight is 351 g/mol. The summed E-state index contributed by atoms with van der Waals surface area (Å²) in [4.78, 5) is 5.46. The van der Waals surface area contributed by atoms with Crippen LogP contribution in [0, 0.1) is 22.7 Å². The van der Waals surface area contributed by atoms with Crippen molar-refractivity contribution in [1.82, 2.24) is 9.80 Å². The Kier molecular flexibility index (Phi) is 7.83. The lowest BCUT2D eigenvalue weighted by molar-refractivity contribution is 0.0884. The Bertz CT molecular complexity index is 361. The first-order valence-corrected chi connectivity index (χ1v) is 11.1. The van der Waals surface area contributed by atoms with Crippen molar-refractivity contribution in [2.45, 2.75) is 86.5 Å². The Hall–Kier alpha value is -0.0800. The van der Waals surface area contributed by atoms with Gasteiger partial charge in [-0.25, -0.2) is 0 Å². The number of rotatable bonds is 6. The van der Waals surface area contributed by atoms with E-state index in [1.807, 2.05) is 0 Å². The molecule has 0 unspecified atom stereocenters. The van der Waals surface area contributed by atoms with Crippen molar-refractivity contribution in [3.63, 3.8) is 0 Å². The summed E-state index contributed by atoms with van der Waals surface area (Å²) in [6.07, 6.45) is 9.99. The molecular weight excluding hydrogens is 304 g/mol. The zero-order valence-corrected chi connectivity index (χ0v) is 18.2. The van der Waals surface area contributed by atoms with Gasteiger partial charge < -0.3 is 9.80 Å². The van der Waals surface area contributed by atoms with Crippen molar-refractivity contribution >= 4 is 0 Å². The van der Waals surface area contributed by atoms with E-state index in [0.717, 1.165) is 11.8 Å². The molecule has 2 aliphatic rings. The minimum absolute atomic E-state index is 0.505. The molecule has 0 radical (unpaired) electrons. The zero-order valence-electron chi connectivity index (χ0n) is 18.2. The number of hydrogen-bond acceptors (Lipinski definition) is 2. The molecule has 0 spiro atoms. The maximum absolute atomic E-state index is 2.76. The highest BCUT2D eigenvalue weighted by Crippen LogP contribution is 2.40. The van der Waals surface area contributed by atoms with Crippen molar-refractivity contribution in [3.8, 4) is 0 Å². The minimum Gasteiger partial charge on any atom is -0.301 e. The monoisotopic (exact) mass is 350 g/mol. The summed E-state index contributed by atoms with van der Waals surface area (Å²) in [5.74, 6) is 1.92. The highest BCUT2D eigenvalue weighted by atomic mass is 15.3. The molecule has 2 nitrogen and oxygen atoms in total. The molecule has 148 valence electrons. The van der Waals surface area contributed by atoms with Crippen molar-refractivity contribution < 1.29 is 0 Å². The molecular formula is C23H46N2. The summed E-state index contributed by atoms with van der Waals surface area (Å²) in [7, 11) is 0. The van der Waals surface area contributed by atoms with Crippen LogP contribution in [0.15, 0.2) is 0 Å². The average Bonchev–Trinajstić information content (AvgIpc) is 2.52. The van der Waals surface area contributed by atoms with Crippen LogP contribution in [0.4, 0.5) is 0 Å². The summed E-state index contributed by atoms with van der Waals surface area (Å²) < 4.78 is 0. The third-order valence-corrected chi connectivity index (χ3v) is 6.70. The van der Waals surface area contributed by atoms with Gasteiger partial charge in [-0.15, -0.1) is 0 Å². The molecule has 2 fully saturated rings. The maximum Gasteiger partial charge on any atom is 0.0110 e. The van der Waals surface area contributed by atoms with Crippen LogP contribution >= 0.6 is 0 Å². The lowest BCUT2D eigenvalue weighted by Crippen LogP contribution is -2.48. The molecule has 25 heavy (non-hydrogen) atoms. The lowest BCUT2D eigenvalue weighted by atomic mass is 9.70. The molecule has 1 saturated carbocycles. The molecule has 0 aromatic carbocycles. The maximum atomic E-state index is 2.76. The van der Waals surface area contributed by atoms with E-state index in [-0.39, 0.29) is 0 Å². The van der Waals surface area contributed by atoms with E-state index in [0.29, 0.717) is 10.8 Å². The van der Waals surface area contributed by atoms with Gasteiger partial charge >= 0.3 is 0 Å². The van der Waals surface area contributed by atoms with E-state index in [4.69, 9.17) is 0 Å². The molecule has 1 aliphatic carbocycles. The molecule has 2 heteroatoms. The van der Waals surface area contributed by atoms with Gasteiger partial charge in [0.15, 0.2) is 0 Å². The highest BCUT2D eigenvalue weighted by Gasteiger charge is 2.30. The highest BCUT2D eigenvalue weighted by molar-refractivity contribution is 4.83. The zero-order chi connectivity index (χ0) is 18.5. The molecule has 0 atom stereocenters. The van der Waals surface area contributed by atoms with Crippen molar-refractivity contribution in [1.29, 1.82) is 0 Å². The Morgan fingerprint density at radius 2 is 1.28 bits per heavy atom. The van der Waals surface area contributed by atoms with Gasteiger partial charge in [0.1, 0.15) is 0 Å². The summed E-state index contributed by atoms with van der Waals surface area (Å²) in [6.45, 7) is 22.3. The van der Waals surface area contributed by atoms with E-state index in [2.05, 4.69) is 51.3 Å². The standard InChI is InChI=1S/C23H46N2/c1-22(2,3)13-7-8-14-24-15-17-25(18-16-24)19-20-9-11-21(12-10-20)23(4,5)6/h20-21H,7-19H2,1-6H3. The van der Waals surface area contributed by atoms with Gasteiger partial charge in [-0.1, -0.05) is 48.0 Å². The molecule has 0 N–H and O–H groups in total. The molecule has 1 saturated heterocycles. The SMILES string of the molecule is CC(C)(C)CCCCN1CCN(CC2CCC(C(C)(C)C)CC2)CC1. The quantitative estimate of drug-likeness (QED) is 0.569. The van der Waals surface area contributed by atoms with Crippen LogP contribution in [0.2, 0.25) is 0 Å². The number of unbranched alkanes of at least 4 members (excludes halogenated alkanes) is 1. The fourth-order valence-electron chi connectivity index (χ4n) is 4.76. The van der Waals surface area contributed by atoms with Crippen LogP contribution in [0.1, 0.15) is 86.5 Å². The van der Waals surface area contributed by atoms with E-state index in [1.54, 1.807) is 0 Å². The first-order valence-electron chi connectivity index (χ1n) is 11.1. The second kappa shape index (κ2) is 9.22. The van der Waals surface area contributed by atoms with E-state index < -0.39 is 0 Å². The fourth-order valence-corrected chi connectivity index (χ4v) is 4.76. The predicted octanol–water partition coefficient (Wildman–Crippen LogP) is 5.67. The smallest absolute Gasteiger partial charge is 0.0110 e. The van der Waals surface area contributed by atoms with Gasteiger partial charge in [-0.05, 0) is 67.7 Å². The van der Waals surface area contributed by atoms with Crippen LogP contribution in [-0.2, 0) is 0 Å². The molecule has 1 aliphatic heterocycles. The van der Waals surface area contributed by atoms with Gasteiger partial charge in [0, 0.05) is 32.7 Å². The first-order chi connectivity index (χ1) is 11.6. The summed E-state index contributed by atoms with van der Waals surface area (Å²) in [6, 6.07) is 0. The van der Waals surface area contributed by atoms with E-state index >= 15 is 0 Å². The van der Waals surface area contributed by atoms with Gasteiger partial charge in [0.25, 0.3) is 0 Å². The minimum atomic E-state index is 0.505. The number of piperazine rings is 1. The van der Waals surface area contributed by atoms with Crippen LogP contribution < -0.4 is 0 Å². The molecule has 0 bridgehead atoms. The van der Waals surface area contributed by atoms with E-state index in [1.165, 1.54) is 84.2 Å². The second-order valence-electron chi connectivity index (χ2n) is 11.2. The van der Waals surface area contributed by atoms with Gasteiger partial charge in [0.2, 0.25) is 0 Å². The van der Waals surface area contributed by atoms with Gasteiger partial charge in [-0.2, -0.15) is 0 Å².